The third kappa shape index (κ3) is 3.35. The fraction of sp³-hybridized carbons (Fsp3) is 0.400. The van der Waals surface area contributed by atoms with E-state index in [0.717, 1.165) is 24.1 Å². The van der Waals surface area contributed by atoms with Crippen molar-refractivity contribution < 1.29 is 18.0 Å². The van der Waals surface area contributed by atoms with Gasteiger partial charge in [0.15, 0.2) is 5.69 Å². The lowest BCUT2D eigenvalue weighted by Crippen LogP contribution is -2.31. The first-order chi connectivity index (χ1) is 10.9. The topological polar surface area (TPSA) is 70.7 Å². The molecule has 122 valence electrons. The number of aryl methyl sites for hydroxylation is 1. The highest BCUT2D eigenvalue weighted by atomic mass is 19.4. The van der Waals surface area contributed by atoms with E-state index in [9.17, 15) is 18.0 Å². The molecule has 0 radical (unpaired) electrons. The third-order valence-electron chi connectivity index (χ3n) is 3.84. The summed E-state index contributed by atoms with van der Waals surface area (Å²) in [5.41, 5.74) is 0.355. The van der Waals surface area contributed by atoms with Gasteiger partial charge in [-0.05, 0) is 37.3 Å². The highest BCUT2D eigenvalue weighted by Crippen LogP contribution is 2.41. The van der Waals surface area contributed by atoms with Crippen molar-refractivity contribution in [3.63, 3.8) is 0 Å². The molecule has 5 nitrogen and oxygen atoms in total. The molecular formula is C15H15F3N4O. The number of carbonyl (C=O) groups excluding carboxylic acids is 1. The first-order valence-electron chi connectivity index (χ1n) is 7.21. The van der Waals surface area contributed by atoms with Gasteiger partial charge in [-0.25, -0.2) is 0 Å². The van der Waals surface area contributed by atoms with Crippen LogP contribution in [0.5, 0.6) is 0 Å². The van der Waals surface area contributed by atoms with Crippen LogP contribution in [0.25, 0.3) is 0 Å². The summed E-state index contributed by atoms with van der Waals surface area (Å²) in [6.45, 7) is 1.89. The Morgan fingerprint density at radius 3 is 2.74 bits per heavy atom. The highest BCUT2D eigenvalue weighted by Gasteiger charge is 2.37. The molecule has 2 aromatic heterocycles. The second-order valence-electron chi connectivity index (χ2n) is 5.66. The number of rotatable bonds is 4. The van der Waals surface area contributed by atoms with Crippen LogP contribution >= 0.6 is 0 Å². The van der Waals surface area contributed by atoms with E-state index in [1.54, 1.807) is 12.3 Å². The average molecular weight is 324 g/mol. The molecule has 8 heteroatoms. The standard InChI is InChI=1S/C15H15F3N4O/c1-8-3-2-6-19-12(8)13(9-4-5-9)20-14(23)10-7-11(22-21-10)15(16,17)18/h2-3,6-7,9,13H,4-5H2,1H3,(H,20,23)(H,21,22)/t13-/m1/s1. The van der Waals surface area contributed by atoms with Crippen LogP contribution in [0.15, 0.2) is 24.4 Å². The second-order valence-corrected chi connectivity index (χ2v) is 5.66. The number of nitrogens with zero attached hydrogens (tertiary/aromatic N) is 2. The minimum Gasteiger partial charge on any atom is -0.342 e. The van der Waals surface area contributed by atoms with Gasteiger partial charge in [0, 0.05) is 12.3 Å². The van der Waals surface area contributed by atoms with E-state index in [0.29, 0.717) is 6.07 Å². The van der Waals surface area contributed by atoms with Crippen LogP contribution in [-0.4, -0.2) is 21.1 Å². The number of aromatic amines is 1. The van der Waals surface area contributed by atoms with Crippen molar-refractivity contribution in [1.82, 2.24) is 20.5 Å². The Bertz CT molecular complexity index is 722. The number of aromatic nitrogens is 3. The predicted octanol–water partition coefficient (Wildman–Crippen LogP) is 3.01. The number of pyridine rings is 1. The molecule has 1 fully saturated rings. The van der Waals surface area contributed by atoms with Crippen molar-refractivity contribution in [3.8, 4) is 0 Å². The molecular weight excluding hydrogens is 309 g/mol. The molecule has 23 heavy (non-hydrogen) atoms. The van der Waals surface area contributed by atoms with E-state index in [1.165, 1.54) is 0 Å². The minimum absolute atomic E-state index is 0.258. The Morgan fingerprint density at radius 2 is 2.17 bits per heavy atom. The normalized spacial score (nSPS) is 16.2. The van der Waals surface area contributed by atoms with Gasteiger partial charge < -0.3 is 5.32 Å². The van der Waals surface area contributed by atoms with E-state index < -0.39 is 17.8 Å². The van der Waals surface area contributed by atoms with E-state index in [2.05, 4.69) is 15.4 Å². The van der Waals surface area contributed by atoms with Gasteiger partial charge in [-0.15, -0.1) is 0 Å². The predicted molar refractivity (Wildman–Crippen MR) is 75.5 cm³/mol. The second kappa shape index (κ2) is 5.68. The molecule has 1 saturated carbocycles. The Kier molecular flexibility index (Phi) is 3.83. The molecule has 1 amide bonds. The Morgan fingerprint density at radius 1 is 1.43 bits per heavy atom. The third-order valence-corrected chi connectivity index (χ3v) is 3.84. The van der Waals surface area contributed by atoms with Crippen LogP contribution in [0.3, 0.4) is 0 Å². The lowest BCUT2D eigenvalue weighted by atomic mass is 10.0. The van der Waals surface area contributed by atoms with Crippen molar-refractivity contribution in [1.29, 1.82) is 0 Å². The van der Waals surface area contributed by atoms with E-state index >= 15 is 0 Å². The van der Waals surface area contributed by atoms with Crippen LogP contribution < -0.4 is 5.32 Å². The van der Waals surface area contributed by atoms with Crippen LogP contribution in [-0.2, 0) is 6.18 Å². The average Bonchev–Trinajstić information content (AvgIpc) is 3.19. The van der Waals surface area contributed by atoms with Crippen molar-refractivity contribution in [3.05, 3.63) is 47.0 Å². The van der Waals surface area contributed by atoms with Crippen LogP contribution in [0.1, 0.15) is 46.3 Å². The summed E-state index contributed by atoms with van der Waals surface area (Å²) in [5.74, 6) is -0.382. The van der Waals surface area contributed by atoms with E-state index in [1.807, 2.05) is 18.1 Å². The van der Waals surface area contributed by atoms with Crippen LogP contribution in [0.4, 0.5) is 13.2 Å². The molecule has 1 aliphatic rings. The van der Waals surface area contributed by atoms with Crippen molar-refractivity contribution in [2.45, 2.75) is 32.0 Å². The lowest BCUT2D eigenvalue weighted by Gasteiger charge is -2.18. The smallest absolute Gasteiger partial charge is 0.342 e. The first-order valence-corrected chi connectivity index (χ1v) is 7.21. The fourth-order valence-electron chi connectivity index (χ4n) is 2.46. The van der Waals surface area contributed by atoms with Gasteiger partial charge in [0.25, 0.3) is 5.91 Å². The molecule has 0 saturated heterocycles. The molecule has 2 aromatic rings. The lowest BCUT2D eigenvalue weighted by molar-refractivity contribution is -0.141. The summed E-state index contributed by atoms with van der Waals surface area (Å²) >= 11 is 0. The maximum atomic E-state index is 12.6. The summed E-state index contributed by atoms with van der Waals surface area (Å²) in [5, 5.41) is 8.06. The molecule has 0 aromatic carbocycles. The molecule has 0 bridgehead atoms. The molecule has 2 heterocycles. The number of carbonyl (C=O) groups is 1. The zero-order valence-corrected chi connectivity index (χ0v) is 12.3. The van der Waals surface area contributed by atoms with Crippen molar-refractivity contribution >= 4 is 5.91 Å². The zero-order chi connectivity index (χ0) is 16.6. The summed E-state index contributed by atoms with van der Waals surface area (Å²) in [6.07, 6.45) is -1.01. The van der Waals surface area contributed by atoms with Gasteiger partial charge in [0.05, 0.1) is 11.7 Å². The van der Waals surface area contributed by atoms with Gasteiger partial charge in [0.2, 0.25) is 0 Å². The quantitative estimate of drug-likeness (QED) is 0.908. The monoisotopic (exact) mass is 324 g/mol. The van der Waals surface area contributed by atoms with Gasteiger partial charge in [-0.1, -0.05) is 6.07 Å². The number of amides is 1. The molecule has 1 atom stereocenters. The zero-order valence-electron chi connectivity index (χ0n) is 12.3. The fourth-order valence-corrected chi connectivity index (χ4v) is 2.46. The number of hydrogen-bond acceptors (Lipinski definition) is 3. The van der Waals surface area contributed by atoms with Crippen molar-refractivity contribution in [2.75, 3.05) is 0 Å². The first kappa shape index (κ1) is 15.5. The van der Waals surface area contributed by atoms with Gasteiger partial charge in [0.1, 0.15) is 5.69 Å². The largest absolute Gasteiger partial charge is 0.432 e. The molecule has 0 spiro atoms. The summed E-state index contributed by atoms with van der Waals surface area (Å²) in [6, 6.07) is 4.09. The number of H-pyrrole nitrogens is 1. The molecule has 3 rings (SSSR count). The summed E-state index contributed by atoms with van der Waals surface area (Å²) in [4.78, 5) is 16.5. The molecule has 1 aliphatic carbocycles. The Labute approximate surface area is 130 Å². The van der Waals surface area contributed by atoms with Gasteiger partial charge in [-0.2, -0.15) is 18.3 Å². The molecule has 0 aliphatic heterocycles. The number of halogens is 3. The number of nitrogens with one attached hydrogen (secondary N) is 2. The SMILES string of the molecule is Cc1cccnc1[C@H](NC(=O)c1cc(C(F)(F)F)[nH]n1)C1CC1. The van der Waals surface area contributed by atoms with E-state index in [-0.39, 0.29) is 17.7 Å². The minimum atomic E-state index is -4.56. The summed E-state index contributed by atoms with van der Waals surface area (Å²) < 4.78 is 37.7. The maximum absolute atomic E-state index is 12.6. The van der Waals surface area contributed by atoms with E-state index in [4.69, 9.17) is 0 Å². The van der Waals surface area contributed by atoms with Gasteiger partial charge in [-0.3, -0.25) is 14.9 Å². The van der Waals surface area contributed by atoms with Crippen LogP contribution in [0, 0.1) is 12.8 Å². The number of hydrogen-bond donors (Lipinski definition) is 2. The number of alkyl halides is 3. The molecule has 2 N–H and O–H groups in total. The summed E-state index contributed by atoms with van der Waals surface area (Å²) in [7, 11) is 0. The Hall–Kier alpha value is -2.38. The van der Waals surface area contributed by atoms with Crippen LogP contribution in [0.2, 0.25) is 0 Å². The van der Waals surface area contributed by atoms with Gasteiger partial charge >= 0.3 is 6.18 Å². The Balaban J connectivity index is 1.80. The van der Waals surface area contributed by atoms with Crippen molar-refractivity contribution in [2.24, 2.45) is 5.92 Å². The highest BCUT2D eigenvalue weighted by molar-refractivity contribution is 5.92. The molecule has 0 unspecified atom stereocenters. The maximum Gasteiger partial charge on any atom is 0.432 e.